The number of rotatable bonds is 6. The van der Waals surface area contributed by atoms with Crippen molar-refractivity contribution >= 4 is 27.5 Å². The van der Waals surface area contributed by atoms with E-state index in [1.807, 2.05) is 6.07 Å². The Labute approximate surface area is 176 Å². The van der Waals surface area contributed by atoms with Gasteiger partial charge in [0.25, 0.3) is 0 Å². The molecule has 2 aromatic carbocycles. The van der Waals surface area contributed by atoms with Crippen molar-refractivity contribution in [3.8, 4) is 5.75 Å². The Bertz CT molecular complexity index is 1110. The Morgan fingerprint density at radius 2 is 1.67 bits per heavy atom. The minimum Gasteiger partial charge on any atom is -0.495 e. The number of methoxy groups -OCH3 is 1. The number of nitrogens with one attached hydrogen (secondary N) is 1. The van der Waals surface area contributed by atoms with Crippen molar-refractivity contribution in [2.45, 2.75) is 50.0 Å². The van der Waals surface area contributed by atoms with E-state index in [1.54, 1.807) is 6.92 Å². The summed E-state index contributed by atoms with van der Waals surface area (Å²) in [6, 6.07) is 9.85. The van der Waals surface area contributed by atoms with E-state index in [9.17, 15) is 18.0 Å². The van der Waals surface area contributed by atoms with Crippen LogP contribution in [0, 0.1) is 0 Å². The molecule has 1 heterocycles. The Kier molecular flexibility index (Phi) is 5.38. The van der Waals surface area contributed by atoms with Crippen molar-refractivity contribution in [1.82, 2.24) is 4.72 Å². The molecule has 1 aliphatic heterocycles. The zero-order valence-corrected chi connectivity index (χ0v) is 17.8. The summed E-state index contributed by atoms with van der Waals surface area (Å²) in [6.07, 6.45) is 3.42. The lowest BCUT2D eigenvalue weighted by molar-refractivity contribution is -0.121. The number of ether oxygens (including phenoxy) is 1. The number of fused-ring (bicyclic) bond motifs is 1. The third-order valence-electron chi connectivity index (χ3n) is 5.71. The summed E-state index contributed by atoms with van der Waals surface area (Å²) in [4.78, 5) is 25.3. The average Bonchev–Trinajstić information content (AvgIpc) is 3.32. The largest absolute Gasteiger partial charge is 0.495 e. The van der Waals surface area contributed by atoms with Crippen LogP contribution in [0.2, 0.25) is 0 Å². The Hall–Kier alpha value is -2.71. The van der Waals surface area contributed by atoms with E-state index in [2.05, 4.69) is 16.9 Å². The van der Waals surface area contributed by atoms with Crippen molar-refractivity contribution in [2.75, 3.05) is 12.0 Å². The molecular weight excluding hydrogens is 404 g/mol. The van der Waals surface area contributed by atoms with Crippen LogP contribution >= 0.6 is 0 Å². The van der Waals surface area contributed by atoms with Crippen LogP contribution in [0.3, 0.4) is 0 Å². The summed E-state index contributed by atoms with van der Waals surface area (Å²) in [7, 11) is -2.48. The van der Waals surface area contributed by atoms with Crippen LogP contribution in [0.5, 0.6) is 5.75 Å². The monoisotopic (exact) mass is 428 g/mol. The normalized spacial score (nSPS) is 17.3. The highest BCUT2D eigenvalue weighted by molar-refractivity contribution is 7.89. The fraction of sp³-hybridized carbons (Fsp3) is 0.364. The summed E-state index contributed by atoms with van der Waals surface area (Å²) in [5, 5.41) is 0. The summed E-state index contributed by atoms with van der Waals surface area (Å²) in [6.45, 7) is 1.80. The van der Waals surface area contributed by atoms with E-state index in [4.69, 9.17) is 4.74 Å². The van der Waals surface area contributed by atoms with Crippen LogP contribution in [0.1, 0.15) is 48.9 Å². The lowest BCUT2D eigenvalue weighted by Crippen LogP contribution is -2.30. The first-order valence-corrected chi connectivity index (χ1v) is 11.5. The molecule has 158 valence electrons. The summed E-state index contributed by atoms with van der Waals surface area (Å²) in [5.41, 5.74) is 3.65. The SMILES string of the molecule is COc1ccc(S(=O)(=O)N[C@H](C)c2ccc3c(c2)CCC3)cc1N1C(=O)CCC1=O. The lowest BCUT2D eigenvalue weighted by atomic mass is 10.0. The minimum atomic E-state index is -3.89. The quantitative estimate of drug-likeness (QED) is 0.714. The molecule has 1 aliphatic carbocycles. The highest BCUT2D eigenvalue weighted by atomic mass is 32.2. The van der Waals surface area contributed by atoms with Gasteiger partial charge in [0, 0.05) is 18.9 Å². The molecule has 2 aliphatic rings. The summed E-state index contributed by atoms with van der Waals surface area (Å²) >= 11 is 0. The molecule has 0 saturated carbocycles. The number of hydrogen-bond acceptors (Lipinski definition) is 5. The van der Waals surface area contributed by atoms with Crippen LogP contribution in [0.4, 0.5) is 5.69 Å². The van der Waals surface area contributed by atoms with Crippen LogP contribution in [-0.4, -0.2) is 27.3 Å². The molecule has 0 spiro atoms. The predicted octanol–water partition coefficient (Wildman–Crippen LogP) is 2.88. The van der Waals surface area contributed by atoms with Crippen molar-refractivity contribution < 1.29 is 22.7 Å². The van der Waals surface area contributed by atoms with E-state index < -0.39 is 16.1 Å². The van der Waals surface area contributed by atoms with E-state index in [0.29, 0.717) is 0 Å². The number of amides is 2. The van der Waals surface area contributed by atoms with Crippen LogP contribution in [-0.2, 0) is 32.5 Å². The van der Waals surface area contributed by atoms with E-state index in [1.165, 1.54) is 36.4 Å². The molecule has 0 aromatic heterocycles. The van der Waals surface area contributed by atoms with Gasteiger partial charge in [0.15, 0.2) is 0 Å². The predicted molar refractivity (Wildman–Crippen MR) is 112 cm³/mol. The van der Waals surface area contributed by atoms with E-state index in [0.717, 1.165) is 29.7 Å². The van der Waals surface area contributed by atoms with Gasteiger partial charge < -0.3 is 4.74 Å². The van der Waals surface area contributed by atoms with Gasteiger partial charge in [0.05, 0.1) is 17.7 Å². The maximum absolute atomic E-state index is 13.0. The molecule has 7 nitrogen and oxygen atoms in total. The fourth-order valence-corrected chi connectivity index (χ4v) is 5.34. The van der Waals surface area contributed by atoms with Gasteiger partial charge in [-0.2, -0.15) is 0 Å². The molecule has 0 unspecified atom stereocenters. The Balaban J connectivity index is 1.63. The van der Waals surface area contributed by atoms with Crippen molar-refractivity contribution in [3.05, 3.63) is 53.1 Å². The highest BCUT2D eigenvalue weighted by Gasteiger charge is 2.33. The molecule has 1 saturated heterocycles. The molecule has 30 heavy (non-hydrogen) atoms. The second-order valence-electron chi connectivity index (χ2n) is 7.68. The molecule has 1 atom stereocenters. The number of carbonyl (C=O) groups is 2. The smallest absolute Gasteiger partial charge is 0.241 e. The second kappa shape index (κ2) is 7.85. The highest BCUT2D eigenvalue weighted by Crippen LogP contribution is 2.34. The van der Waals surface area contributed by atoms with Gasteiger partial charge in [0.2, 0.25) is 21.8 Å². The molecule has 1 fully saturated rings. The molecule has 2 aromatic rings. The van der Waals surface area contributed by atoms with E-state index >= 15 is 0 Å². The molecule has 0 bridgehead atoms. The molecule has 2 amide bonds. The molecule has 8 heteroatoms. The van der Waals surface area contributed by atoms with Crippen LogP contribution in [0.25, 0.3) is 0 Å². The number of imide groups is 1. The number of hydrogen-bond donors (Lipinski definition) is 1. The third-order valence-corrected chi connectivity index (χ3v) is 7.25. The van der Waals surface area contributed by atoms with Crippen molar-refractivity contribution in [2.24, 2.45) is 0 Å². The Morgan fingerprint density at radius 1 is 0.967 bits per heavy atom. The summed E-state index contributed by atoms with van der Waals surface area (Å²) < 4.78 is 34.0. The van der Waals surface area contributed by atoms with Gasteiger partial charge in [-0.3, -0.25) is 9.59 Å². The number of carbonyl (C=O) groups excluding carboxylic acids is 2. The van der Waals surface area contributed by atoms with Crippen molar-refractivity contribution in [1.29, 1.82) is 0 Å². The van der Waals surface area contributed by atoms with Crippen LogP contribution in [0.15, 0.2) is 41.3 Å². The molecule has 0 radical (unpaired) electrons. The van der Waals surface area contributed by atoms with Gasteiger partial charge in [-0.15, -0.1) is 0 Å². The van der Waals surface area contributed by atoms with Gasteiger partial charge in [-0.1, -0.05) is 18.2 Å². The Morgan fingerprint density at radius 3 is 2.37 bits per heavy atom. The standard InChI is InChI=1S/C22H24N2O5S/c1-14(16-7-6-15-4-3-5-17(15)12-16)23-30(27,28)18-8-9-20(29-2)19(13-18)24-21(25)10-11-22(24)26/h6-9,12-14,23H,3-5,10-11H2,1-2H3/t14-/m1/s1. The number of aryl methyl sites for hydroxylation is 2. The second-order valence-corrected chi connectivity index (χ2v) is 9.40. The zero-order chi connectivity index (χ0) is 21.5. The zero-order valence-electron chi connectivity index (χ0n) is 17.0. The van der Waals surface area contributed by atoms with Gasteiger partial charge in [-0.05, 0) is 61.1 Å². The first-order chi connectivity index (χ1) is 14.3. The molecule has 1 N–H and O–H groups in total. The van der Waals surface area contributed by atoms with Crippen molar-refractivity contribution in [3.63, 3.8) is 0 Å². The topological polar surface area (TPSA) is 92.8 Å². The number of sulfonamides is 1. The first kappa shape index (κ1) is 20.6. The maximum Gasteiger partial charge on any atom is 0.241 e. The third kappa shape index (κ3) is 3.73. The average molecular weight is 429 g/mol. The number of benzene rings is 2. The molecule has 4 rings (SSSR count). The minimum absolute atomic E-state index is 0.0289. The van der Waals surface area contributed by atoms with Gasteiger partial charge in [-0.25, -0.2) is 18.0 Å². The van der Waals surface area contributed by atoms with Crippen LogP contribution < -0.4 is 14.4 Å². The van der Waals surface area contributed by atoms with Gasteiger partial charge >= 0.3 is 0 Å². The number of nitrogens with zero attached hydrogens (tertiary/aromatic N) is 1. The lowest BCUT2D eigenvalue weighted by Gasteiger charge is -2.20. The fourth-order valence-electron chi connectivity index (χ4n) is 4.09. The number of anilines is 1. The van der Waals surface area contributed by atoms with E-state index in [-0.39, 0.29) is 41.0 Å². The van der Waals surface area contributed by atoms with Gasteiger partial charge in [0.1, 0.15) is 5.75 Å². The first-order valence-electron chi connectivity index (χ1n) is 9.98. The molecular formula is C22H24N2O5S. The summed E-state index contributed by atoms with van der Waals surface area (Å²) in [5.74, 6) is -0.469. The maximum atomic E-state index is 13.0.